The molecule has 0 aliphatic carbocycles. The molecule has 1 heterocycles. The minimum atomic E-state index is 0.422. The topological polar surface area (TPSA) is 21.8 Å². The van der Waals surface area contributed by atoms with Gasteiger partial charge in [0.05, 0.1) is 13.2 Å². The van der Waals surface area contributed by atoms with Crippen molar-refractivity contribution in [2.45, 2.75) is 58.5 Å². The highest BCUT2D eigenvalue weighted by molar-refractivity contribution is 4.67. The molecule has 0 aromatic rings. The zero-order valence-corrected chi connectivity index (χ0v) is 10.3. The van der Waals surface area contributed by atoms with Gasteiger partial charge in [0, 0.05) is 6.61 Å². The van der Waals surface area contributed by atoms with Crippen LogP contribution in [0.15, 0.2) is 0 Å². The van der Waals surface area contributed by atoms with Crippen molar-refractivity contribution in [3.05, 3.63) is 0 Å². The summed E-state index contributed by atoms with van der Waals surface area (Å²) in [7, 11) is 0. The van der Waals surface area contributed by atoms with Crippen LogP contribution in [0.1, 0.15) is 52.4 Å². The number of hydrogen-bond acceptors (Lipinski definition) is 2. The van der Waals surface area contributed by atoms with Crippen molar-refractivity contribution in [1.82, 2.24) is 0 Å². The van der Waals surface area contributed by atoms with E-state index in [1.165, 1.54) is 38.5 Å². The molecular weight excluding hydrogens is 188 g/mol. The van der Waals surface area contributed by atoms with Crippen LogP contribution < -0.4 is 0 Å². The predicted octanol–water partition coefficient (Wildman–Crippen LogP) is 3.40. The second-order valence-electron chi connectivity index (χ2n) is 4.62. The molecule has 0 aromatic carbocycles. The van der Waals surface area contributed by atoms with Gasteiger partial charge in [0.15, 0.2) is 0 Å². The normalized spacial score (nSPS) is 21.6. The highest BCUT2D eigenvalue weighted by Crippen LogP contribution is 2.19. The first kappa shape index (κ1) is 13.0. The number of ether oxygens (including phenoxy) is 2. The Morgan fingerprint density at radius 1 is 1.20 bits per heavy atom. The molecule has 0 spiro atoms. The van der Waals surface area contributed by atoms with Crippen LogP contribution in [-0.4, -0.2) is 25.9 Å². The van der Waals surface area contributed by atoms with Crippen molar-refractivity contribution in [3.8, 4) is 0 Å². The van der Waals surface area contributed by atoms with Gasteiger partial charge < -0.3 is 9.47 Å². The summed E-state index contributed by atoms with van der Waals surface area (Å²) in [6, 6.07) is 0. The van der Waals surface area contributed by atoms with Gasteiger partial charge in [-0.1, -0.05) is 46.0 Å². The number of hydrogen-bond donors (Lipinski definition) is 0. The summed E-state index contributed by atoms with van der Waals surface area (Å²) in [5, 5.41) is 0. The van der Waals surface area contributed by atoms with Crippen molar-refractivity contribution in [1.29, 1.82) is 0 Å². The number of unbranched alkanes of at least 4 members (excludes halogenated alkanes) is 1. The van der Waals surface area contributed by atoms with E-state index in [1.807, 2.05) is 0 Å². The smallest absolute Gasteiger partial charge is 0.104 e. The maximum absolute atomic E-state index is 5.59. The van der Waals surface area contributed by atoms with Crippen LogP contribution in [-0.2, 0) is 9.47 Å². The molecule has 2 nitrogen and oxygen atoms in total. The summed E-state index contributed by atoms with van der Waals surface area (Å²) >= 11 is 0. The maximum atomic E-state index is 5.59. The van der Waals surface area contributed by atoms with E-state index >= 15 is 0 Å². The third kappa shape index (κ3) is 6.91. The zero-order valence-electron chi connectivity index (χ0n) is 10.3. The molecule has 2 heteroatoms. The molecule has 1 saturated heterocycles. The fourth-order valence-electron chi connectivity index (χ4n) is 1.96. The van der Waals surface area contributed by atoms with E-state index in [0.717, 1.165) is 25.7 Å². The molecule has 1 aliphatic rings. The Morgan fingerprint density at radius 2 is 2.00 bits per heavy atom. The van der Waals surface area contributed by atoms with Gasteiger partial charge in [-0.2, -0.15) is 0 Å². The molecule has 0 amide bonds. The molecule has 1 aliphatic heterocycles. The lowest BCUT2D eigenvalue weighted by atomic mass is 9.94. The second-order valence-corrected chi connectivity index (χ2v) is 4.62. The summed E-state index contributed by atoms with van der Waals surface area (Å²) in [6.07, 6.45) is 8.40. The van der Waals surface area contributed by atoms with Crippen molar-refractivity contribution in [2.75, 3.05) is 19.8 Å². The minimum absolute atomic E-state index is 0.422. The largest absolute Gasteiger partial charge is 0.379 e. The van der Waals surface area contributed by atoms with Crippen LogP contribution in [0.5, 0.6) is 0 Å². The fourth-order valence-corrected chi connectivity index (χ4v) is 1.96. The first-order valence-electron chi connectivity index (χ1n) is 6.56. The van der Waals surface area contributed by atoms with E-state index < -0.39 is 0 Å². The molecule has 1 fully saturated rings. The van der Waals surface area contributed by atoms with E-state index in [0.29, 0.717) is 6.10 Å². The molecule has 0 N–H and O–H groups in total. The van der Waals surface area contributed by atoms with Gasteiger partial charge in [0.25, 0.3) is 0 Å². The summed E-state index contributed by atoms with van der Waals surface area (Å²) in [4.78, 5) is 0. The van der Waals surface area contributed by atoms with Gasteiger partial charge in [-0.25, -0.2) is 0 Å². The Labute approximate surface area is 94.3 Å². The van der Waals surface area contributed by atoms with Gasteiger partial charge in [-0.05, 0) is 12.3 Å². The van der Waals surface area contributed by atoms with E-state index in [1.54, 1.807) is 0 Å². The summed E-state index contributed by atoms with van der Waals surface area (Å²) in [6.45, 7) is 7.19. The van der Waals surface area contributed by atoms with Crippen LogP contribution in [0.4, 0.5) is 0 Å². The average molecular weight is 214 g/mol. The highest BCUT2D eigenvalue weighted by Gasteiger charge is 2.22. The Bertz CT molecular complexity index is 143. The lowest BCUT2D eigenvalue weighted by Gasteiger charge is -2.15. The van der Waals surface area contributed by atoms with E-state index in [4.69, 9.17) is 9.47 Å². The zero-order chi connectivity index (χ0) is 10.9. The monoisotopic (exact) mass is 214 g/mol. The number of epoxide rings is 1. The summed E-state index contributed by atoms with van der Waals surface area (Å²) in [5.74, 6) is 0.884. The van der Waals surface area contributed by atoms with Gasteiger partial charge >= 0.3 is 0 Å². The first-order chi connectivity index (χ1) is 7.36. The van der Waals surface area contributed by atoms with Crippen LogP contribution in [0, 0.1) is 5.92 Å². The molecule has 90 valence electrons. The standard InChI is InChI=1S/C13H26O2/c1-3-5-7-12(6-4-2)8-9-14-10-13-11-15-13/h12-13H,3-11H2,1-2H3. The molecule has 2 unspecified atom stereocenters. The highest BCUT2D eigenvalue weighted by atomic mass is 16.6. The molecule has 0 aromatic heterocycles. The maximum Gasteiger partial charge on any atom is 0.104 e. The SMILES string of the molecule is CCCCC(CCC)CCOCC1CO1. The molecular formula is C13H26O2. The molecule has 15 heavy (non-hydrogen) atoms. The van der Waals surface area contributed by atoms with Gasteiger partial charge in [-0.3, -0.25) is 0 Å². The van der Waals surface area contributed by atoms with Crippen LogP contribution in [0.25, 0.3) is 0 Å². The Hall–Kier alpha value is -0.0800. The van der Waals surface area contributed by atoms with E-state index in [9.17, 15) is 0 Å². The second kappa shape index (κ2) is 8.12. The van der Waals surface area contributed by atoms with Crippen molar-refractivity contribution in [2.24, 2.45) is 5.92 Å². The van der Waals surface area contributed by atoms with Crippen molar-refractivity contribution < 1.29 is 9.47 Å². The number of rotatable bonds is 10. The van der Waals surface area contributed by atoms with Gasteiger partial charge in [-0.15, -0.1) is 0 Å². The van der Waals surface area contributed by atoms with E-state index in [-0.39, 0.29) is 0 Å². The van der Waals surface area contributed by atoms with Crippen molar-refractivity contribution in [3.63, 3.8) is 0 Å². The molecule has 2 atom stereocenters. The Kier molecular flexibility index (Phi) is 7.03. The van der Waals surface area contributed by atoms with E-state index in [2.05, 4.69) is 13.8 Å². The van der Waals surface area contributed by atoms with Gasteiger partial charge in [0.1, 0.15) is 6.10 Å². The predicted molar refractivity (Wildman–Crippen MR) is 63.1 cm³/mol. The quantitative estimate of drug-likeness (QED) is 0.410. The van der Waals surface area contributed by atoms with Crippen molar-refractivity contribution >= 4 is 0 Å². The Balaban J connectivity index is 1.95. The first-order valence-corrected chi connectivity index (χ1v) is 6.56. The lowest BCUT2D eigenvalue weighted by Crippen LogP contribution is -2.08. The summed E-state index contributed by atoms with van der Waals surface area (Å²) in [5.41, 5.74) is 0. The molecule has 1 rings (SSSR count). The summed E-state index contributed by atoms with van der Waals surface area (Å²) < 4.78 is 10.7. The van der Waals surface area contributed by atoms with Gasteiger partial charge in [0.2, 0.25) is 0 Å². The molecule has 0 saturated carbocycles. The lowest BCUT2D eigenvalue weighted by molar-refractivity contribution is 0.102. The third-order valence-corrected chi connectivity index (χ3v) is 3.04. The molecule has 0 bridgehead atoms. The average Bonchev–Trinajstić information content (AvgIpc) is 3.04. The third-order valence-electron chi connectivity index (χ3n) is 3.04. The van der Waals surface area contributed by atoms with Crippen LogP contribution in [0.3, 0.4) is 0 Å². The fraction of sp³-hybridized carbons (Fsp3) is 1.00. The molecule has 0 radical (unpaired) electrons. The minimum Gasteiger partial charge on any atom is -0.379 e. The Morgan fingerprint density at radius 3 is 2.60 bits per heavy atom. The van der Waals surface area contributed by atoms with Crippen LogP contribution >= 0.6 is 0 Å². The van der Waals surface area contributed by atoms with Crippen LogP contribution in [0.2, 0.25) is 0 Å².